The fraction of sp³-hybridized carbons (Fsp3) is 0.400. The van der Waals surface area contributed by atoms with Gasteiger partial charge in [-0.15, -0.1) is 0 Å². The summed E-state index contributed by atoms with van der Waals surface area (Å²) >= 11 is 0. The van der Waals surface area contributed by atoms with Crippen molar-refractivity contribution in [2.75, 3.05) is 19.7 Å². The van der Waals surface area contributed by atoms with E-state index >= 15 is 0 Å². The second-order valence-corrected chi connectivity index (χ2v) is 4.30. The van der Waals surface area contributed by atoms with E-state index in [1.807, 2.05) is 30.3 Å². The molecule has 0 radical (unpaired) electrons. The number of carbonyl (C=O) groups excluding carboxylic acids is 2. The van der Waals surface area contributed by atoms with E-state index in [0.717, 1.165) is 5.75 Å². The lowest BCUT2D eigenvalue weighted by atomic mass is 10.3. The van der Waals surface area contributed by atoms with E-state index < -0.39 is 0 Å². The van der Waals surface area contributed by atoms with Gasteiger partial charge in [0.1, 0.15) is 12.2 Å². The lowest BCUT2D eigenvalue weighted by molar-refractivity contribution is -0.121. The predicted octanol–water partition coefficient (Wildman–Crippen LogP) is 0.992. The molecule has 0 aliphatic carbocycles. The number of para-hydroxylation sites is 1. The molecule has 2 amide bonds. The van der Waals surface area contributed by atoms with Gasteiger partial charge in [-0.2, -0.15) is 5.26 Å². The van der Waals surface area contributed by atoms with Gasteiger partial charge in [0.05, 0.1) is 19.1 Å². The van der Waals surface area contributed by atoms with Crippen LogP contribution in [0.4, 0.5) is 0 Å². The molecule has 0 heterocycles. The van der Waals surface area contributed by atoms with Gasteiger partial charge in [-0.3, -0.25) is 9.59 Å². The van der Waals surface area contributed by atoms with E-state index in [0.29, 0.717) is 26.1 Å². The van der Waals surface area contributed by atoms with Crippen LogP contribution in [0.15, 0.2) is 30.3 Å². The molecule has 0 saturated carbocycles. The number of hydrogen-bond acceptors (Lipinski definition) is 4. The number of nitrogens with zero attached hydrogens (tertiary/aromatic N) is 1. The average molecular weight is 289 g/mol. The molecule has 1 aromatic rings. The lowest BCUT2D eigenvalue weighted by Gasteiger charge is -2.07. The molecule has 0 bridgehead atoms. The molecule has 1 aromatic carbocycles. The number of nitriles is 1. The molecule has 0 fully saturated rings. The molecule has 0 spiro atoms. The Morgan fingerprint density at radius 1 is 1.10 bits per heavy atom. The van der Waals surface area contributed by atoms with E-state index in [-0.39, 0.29) is 24.7 Å². The maximum atomic E-state index is 11.5. The summed E-state index contributed by atoms with van der Waals surface area (Å²) in [7, 11) is 0. The minimum absolute atomic E-state index is 0.0886. The molecule has 0 unspecified atom stereocenters. The highest BCUT2D eigenvalue weighted by atomic mass is 16.5. The van der Waals surface area contributed by atoms with Crippen molar-refractivity contribution in [3.05, 3.63) is 30.3 Å². The Bertz CT molecular complexity index is 483. The van der Waals surface area contributed by atoms with Crippen LogP contribution >= 0.6 is 0 Å². The number of amides is 2. The van der Waals surface area contributed by atoms with Crippen LogP contribution in [-0.2, 0) is 9.59 Å². The quantitative estimate of drug-likeness (QED) is 0.663. The highest BCUT2D eigenvalue weighted by Crippen LogP contribution is 2.08. The molecule has 6 heteroatoms. The number of carbonyl (C=O) groups is 2. The van der Waals surface area contributed by atoms with E-state index in [4.69, 9.17) is 10.00 Å². The normalized spacial score (nSPS) is 9.48. The average Bonchev–Trinajstić information content (AvgIpc) is 2.48. The van der Waals surface area contributed by atoms with Crippen LogP contribution in [-0.4, -0.2) is 31.5 Å². The number of hydrogen-bond donors (Lipinski definition) is 2. The molecule has 6 nitrogen and oxygen atoms in total. The van der Waals surface area contributed by atoms with Gasteiger partial charge in [-0.05, 0) is 18.6 Å². The Kier molecular flexibility index (Phi) is 8.07. The zero-order chi connectivity index (χ0) is 15.3. The summed E-state index contributed by atoms with van der Waals surface area (Å²) in [5.74, 6) is 0.361. The van der Waals surface area contributed by atoms with Crippen molar-refractivity contribution in [3.63, 3.8) is 0 Å². The van der Waals surface area contributed by atoms with E-state index in [1.165, 1.54) is 0 Å². The maximum absolute atomic E-state index is 11.5. The van der Waals surface area contributed by atoms with Crippen LogP contribution in [0.1, 0.15) is 19.3 Å². The van der Waals surface area contributed by atoms with Crippen LogP contribution < -0.4 is 15.4 Å². The second kappa shape index (κ2) is 10.3. The molecule has 0 aliphatic heterocycles. The summed E-state index contributed by atoms with van der Waals surface area (Å²) in [6.45, 7) is 1.26. The molecule has 0 aromatic heterocycles. The van der Waals surface area contributed by atoms with Crippen LogP contribution in [0.25, 0.3) is 0 Å². The summed E-state index contributed by atoms with van der Waals surface area (Å²) in [6, 6.07) is 11.1. The maximum Gasteiger partial charge on any atom is 0.234 e. The van der Waals surface area contributed by atoms with Crippen molar-refractivity contribution >= 4 is 11.8 Å². The van der Waals surface area contributed by atoms with Crippen molar-refractivity contribution in [2.24, 2.45) is 0 Å². The summed E-state index contributed by atoms with van der Waals surface area (Å²) in [6.07, 6.45) is 0.779. The third-order valence-corrected chi connectivity index (χ3v) is 2.58. The molecule has 0 aliphatic rings. The first-order chi connectivity index (χ1) is 10.2. The monoisotopic (exact) mass is 289 g/mol. The molecule has 0 atom stereocenters. The summed E-state index contributed by atoms with van der Waals surface area (Å²) in [4.78, 5) is 22.5. The van der Waals surface area contributed by atoms with Crippen LogP contribution in [0.3, 0.4) is 0 Å². The van der Waals surface area contributed by atoms with Crippen molar-refractivity contribution in [3.8, 4) is 11.8 Å². The van der Waals surface area contributed by atoms with Gasteiger partial charge in [-0.25, -0.2) is 0 Å². The van der Waals surface area contributed by atoms with E-state index in [1.54, 1.807) is 6.07 Å². The molecular formula is C15H19N3O3. The second-order valence-electron chi connectivity index (χ2n) is 4.30. The molecule has 2 N–H and O–H groups in total. The van der Waals surface area contributed by atoms with Crippen LogP contribution in [0, 0.1) is 11.3 Å². The van der Waals surface area contributed by atoms with Gasteiger partial charge in [0, 0.05) is 13.1 Å². The summed E-state index contributed by atoms with van der Waals surface area (Å²) < 4.78 is 5.41. The smallest absolute Gasteiger partial charge is 0.234 e. The molecule has 112 valence electrons. The SMILES string of the molecule is N#CCC(=O)NCCCNC(=O)CCOc1ccccc1. The first-order valence-corrected chi connectivity index (χ1v) is 6.80. The Labute approximate surface area is 124 Å². The molecule has 0 saturated heterocycles. The zero-order valence-electron chi connectivity index (χ0n) is 11.8. The first-order valence-electron chi connectivity index (χ1n) is 6.80. The molecular weight excluding hydrogens is 270 g/mol. The van der Waals surface area contributed by atoms with Crippen molar-refractivity contribution in [1.82, 2.24) is 10.6 Å². The van der Waals surface area contributed by atoms with Gasteiger partial charge in [-0.1, -0.05) is 18.2 Å². The summed E-state index contributed by atoms with van der Waals surface area (Å²) in [5, 5.41) is 13.6. The van der Waals surface area contributed by atoms with E-state index in [2.05, 4.69) is 10.6 Å². The third-order valence-electron chi connectivity index (χ3n) is 2.58. The van der Waals surface area contributed by atoms with Crippen LogP contribution in [0.2, 0.25) is 0 Å². The largest absolute Gasteiger partial charge is 0.493 e. The standard InChI is InChI=1S/C15H19N3O3/c16-9-7-14(19)17-10-4-11-18-15(20)8-12-21-13-5-2-1-3-6-13/h1-3,5-6H,4,7-8,10-12H2,(H,17,19)(H,18,20). The van der Waals surface area contributed by atoms with Crippen LogP contribution in [0.5, 0.6) is 5.75 Å². The molecule has 1 rings (SSSR count). The number of nitrogens with one attached hydrogen (secondary N) is 2. The Hall–Kier alpha value is -2.55. The van der Waals surface area contributed by atoms with Gasteiger partial charge < -0.3 is 15.4 Å². The zero-order valence-corrected chi connectivity index (χ0v) is 11.8. The van der Waals surface area contributed by atoms with E-state index in [9.17, 15) is 9.59 Å². The van der Waals surface area contributed by atoms with Gasteiger partial charge >= 0.3 is 0 Å². The van der Waals surface area contributed by atoms with Crippen molar-refractivity contribution in [1.29, 1.82) is 5.26 Å². The minimum atomic E-state index is -0.292. The highest BCUT2D eigenvalue weighted by molar-refractivity contribution is 5.78. The first kappa shape index (κ1) is 16.5. The number of benzene rings is 1. The topological polar surface area (TPSA) is 91.2 Å². The Morgan fingerprint density at radius 2 is 1.76 bits per heavy atom. The minimum Gasteiger partial charge on any atom is -0.493 e. The third kappa shape index (κ3) is 8.26. The number of ether oxygens (including phenoxy) is 1. The lowest BCUT2D eigenvalue weighted by Crippen LogP contribution is -2.30. The summed E-state index contributed by atoms with van der Waals surface area (Å²) in [5.41, 5.74) is 0. The fourth-order valence-corrected chi connectivity index (χ4v) is 1.54. The fourth-order valence-electron chi connectivity index (χ4n) is 1.54. The van der Waals surface area contributed by atoms with Crippen molar-refractivity contribution in [2.45, 2.75) is 19.3 Å². The van der Waals surface area contributed by atoms with Crippen molar-refractivity contribution < 1.29 is 14.3 Å². The van der Waals surface area contributed by atoms with Gasteiger partial charge in [0.2, 0.25) is 11.8 Å². The predicted molar refractivity (Wildman–Crippen MR) is 77.4 cm³/mol. The highest BCUT2D eigenvalue weighted by Gasteiger charge is 2.02. The van der Waals surface area contributed by atoms with Gasteiger partial charge in [0.25, 0.3) is 0 Å². The molecule has 21 heavy (non-hydrogen) atoms. The number of rotatable bonds is 9. The Balaban J connectivity index is 1.99. The Morgan fingerprint density at radius 3 is 2.43 bits per heavy atom. The van der Waals surface area contributed by atoms with Gasteiger partial charge in [0.15, 0.2) is 0 Å².